The van der Waals surface area contributed by atoms with Crippen LogP contribution in [0.15, 0.2) is 164 Å². The molecular weight excluding hydrogens is 976 g/mol. The van der Waals surface area contributed by atoms with E-state index in [2.05, 4.69) is 227 Å². The third kappa shape index (κ3) is 8.12. The molecule has 0 aliphatic rings. The predicted molar refractivity (Wildman–Crippen MR) is 262 cm³/mol. The number of ether oxygens (including phenoxy) is 1. The van der Waals surface area contributed by atoms with Crippen LogP contribution in [-0.4, -0.2) is 14.1 Å². The van der Waals surface area contributed by atoms with E-state index in [1.807, 2.05) is 24.4 Å². The van der Waals surface area contributed by atoms with Crippen LogP contribution in [0.2, 0.25) is 0 Å². The molecule has 7 aromatic carbocycles. The summed E-state index contributed by atoms with van der Waals surface area (Å²) >= 11 is 0. The molecule has 65 heavy (non-hydrogen) atoms. The van der Waals surface area contributed by atoms with Gasteiger partial charge in [0.25, 0.3) is 6.33 Å². The zero-order valence-electron chi connectivity index (χ0n) is 38.2. The van der Waals surface area contributed by atoms with Crippen LogP contribution in [0.5, 0.6) is 11.5 Å². The third-order valence-electron chi connectivity index (χ3n) is 12.8. The van der Waals surface area contributed by atoms with Gasteiger partial charge in [-0.15, -0.1) is 29.7 Å². The quantitative estimate of drug-likeness (QED) is 0.112. The molecule has 0 fully saturated rings. The van der Waals surface area contributed by atoms with Gasteiger partial charge in [-0.3, -0.25) is 4.57 Å². The van der Waals surface area contributed by atoms with Gasteiger partial charge in [0.1, 0.15) is 5.82 Å². The predicted octanol–water partition coefficient (Wildman–Crippen LogP) is 14.7. The number of aryl methyl sites for hydroxylation is 1. The van der Waals surface area contributed by atoms with Crippen molar-refractivity contribution in [2.24, 2.45) is 5.41 Å². The average molecular weight is 1030 g/mol. The first-order chi connectivity index (χ1) is 30.8. The fraction of sp³-hybridized carbons (Fsp3) is 0.186. The van der Waals surface area contributed by atoms with Crippen molar-refractivity contribution < 1.29 is 30.4 Å². The minimum atomic E-state index is -0.00750. The van der Waals surface area contributed by atoms with Gasteiger partial charge in [0.15, 0.2) is 0 Å². The molecule has 10 aromatic rings. The van der Waals surface area contributed by atoms with Crippen molar-refractivity contribution in [1.29, 1.82) is 0 Å². The maximum Gasteiger partial charge on any atom is 0.268 e. The van der Waals surface area contributed by atoms with E-state index in [0.29, 0.717) is 17.4 Å². The molecule has 326 valence electrons. The molecule has 0 N–H and O–H groups in total. The summed E-state index contributed by atoms with van der Waals surface area (Å²) in [4.78, 5) is 4.96. The average Bonchev–Trinajstić information content (AvgIpc) is 3.85. The summed E-state index contributed by atoms with van der Waals surface area (Å²) in [7, 11) is 0. The number of hydrogen-bond donors (Lipinski definition) is 0. The van der Waals surface area contributed by atoms with Gasteiger partial charge in [-0.05, 0) is 91.9 Å². The van der Waals surface area contributed by atoms with Crippen LogP contribution < -0.4 is 9.30 Å². The normalized spacial score (nSPS) is 12.4. The molecule has 0 saturated carbocycles. The van der Waals surface area contributed by atoms with Gasteiger partial charge in [-0.1, -0.05) is 163 Å². The minimum Gasteiger partial charge on any atom is -0.510 e. The number of benzene rings is 7. The van der Waals surface area contributed by atoms with E-state index in [4.69, 9.17) is 9.72 Å². The molecule has 0 bridgehead atoms. The Hall–Kier alpha value is -6.55. The van der Waals surface area contributed by atoms with Crippen molar-refractivity contribution in [2.45, 2.75) is 66.7 Å². The van der Waals surface area contributed by atoms with Crippen molar-refractivity contribution in [3.05, 3.63) is 199 Å². The second-order valence-corrected chi connectivity index (χ2v) is 19.1. The summed E-state index contributed by atoms with van der Waals surface area (Å²) in [5, 5.41) is 2.26. The zero-order chi connectivity index (χ0) is 44.3. The first-order valence-corrected chi connectivity index (χ1v) is 22.2. The second kappa shape index (κ2) is 17.1. The van der Waals surface area contributed by atoms with E-state index in [9.17, 15) is 0 Å². The van der Waals surface area contributed by atoms with Crippen LogP contribution in [0.25, 0.3) is 72.3 Å². The van der Waals surface area contributed by atoms with Gasteiger partial charge in [0.2, 0.25) is 0 Å². The summed E-state index contributed by atoms with van der Waals surface area (Å²) in [5.74, 6) is 2.37. The molecule has 0 aliphatic carbocycles. The maximum atomic E-state index is 6.72. The van der Waals surface area contributed by atoms with E-state index in [1.54, 1.807) is 0 Å². The van der Waals surface area contributed by atoms with Gasteiger partial charge >= 0.3 is 0 Å². The number of imidazole rings is 1. The van der Waals surface area contributed by atoms with Crippen molar-refractivity contribution in [3.8, 4) is 50.9 Å². The number of pyridine rings is 1. The topological polar surface area (TPSA) is 35.9 Å². The number of aromatic nitrogens is 4. The van der Waals surface area contributed by atoms with Crippen molar-refractivity contribution in [2.75, 3.05) is 0 Å². The Balaban J connectivity index is 0.00000533. The summed E-state index contributed by atoms with van der Waals surface area (Å²) in [6.45, 7) is 18.1. The van der Waals surface area contributed by atoms with Gasteiger partial charge in [-0.25, -0.2) is 4.98 Å². The Labute approximate surface area is 397 Å². The Kier molecular flexibility index (Phi) is 11.5. The van der Waals surface area contributed by atoms with E-state index in [1.165, 1.54) is 11.1 Å². The summed E-state index contributed by atoms with van der Waals surface area (Å²) < 4.78 is 13.3. The van der Waals surface area contributed by atoms with Crippen LogP contribution >= 0.6 is 0 Å². The van der Waals surface area contributed by atoms with E-state index < -0.39 is 0 Å². The third-order valence-corrected chi connectivity index (χ3v) is 12.8. The minimum absolute atomic E-state index is 0. The first-order valence-electron chi connectivity index (χ1n) is 22.2. The molecule has 0 saturated heterocycles. The van der Waals surface area contributed by atoms with Crippen molar-refractivity contribution in [1.82, 2.24) is 14.1 Å². The standard InChI is InChI=1S/C59H52N4O.Pt/c1-39-18-15-27-53-56(39)62(57-48(41-19-11-9-12-20-41)25-17-26-49(57)42-21-13-10-14-22-42)38-61(53)45-23-16-24-46(36-45)64-47-29-30-50-51-35-44(59(6,7)8)28-31-52(51)63(54(50)37-47)55-34-43(32-33-60-55)40(2)58(3,4)5;/h9-35,40H,1-8H3;/q-2;. The van der Waals surface area contributed by atoms with Gasteiger partial charge in [-0.2, -0.15) is 18.2 Å². The zero-order valence-corrected chi connectivity index (χ0v) is 40.5. The van der Waals surface area contributed by atoms with E-state index in [0.717, 1.165) is 77.8 Å². The number of hydrogen-bond acceptors (Lipinski definition) is 2. The number of fused-ring (bicyclic) bond motifs is 4. The monoisotopic (exact) mass is 1030 g/mol. The molecule has 0 spiro atoms. The molecule has 10 rings (SSSR count). The number of rotatable bonds is 8. The summed E-state index contributed by atoms with van der Waals surface area (Å²) in [6, 6.07) is 62.9. The molecule has 0 aliphatic heterocycles. The van der Waals surface area contributed by atoms with Crippen LogP contribution in [0.3, 0.4) is 0 Å². The van der Waals surface area contributed by atoms with Gasteiger partial charge < -0.3 is 13.9 Å². The van der Waals surface area contributed by atoms with E-state index >= 15 is 0 Å². The molecule has 1 unspecified atom stereocenters. The van der Waals surface area contributed by atoms with Gasteiger partial charge in [0, 0.05) is 44.3 Å². The fourth-order valence-corrected chi connectivity index (χ4v) is 8.91. The molecular formula is C59H52N4OPt-2. The molecule has 0 amide bonds. The Morgan fingerprint density at radius 1 is 0.631 bits per heavy atom. The summed E-state index contributed by atoms with van der Waals surface area (Å²) in [6.07, 6.45) is 5.74. The molecule has 5 nitrogen and oxygen atoms in total. The van der Waals surface area contributed by atoms with Crippen LogP contribution in [0, 0.1) is 30.8 Å². The molecule has 6 heteroatoms. The smallest absolute Gasteiger partial charge is 0.268 e. The van der Waals surface area contributed by atoms with Crippen molar-refractivity contribution >= 4 is 32.8 Å². The molecule has 0 radical (unpaired) electrons. The Morgan fingerprint density at radius 2 is 1.29 bits per heavy atom. The molecule has 1 atom stereocenters. The van der Waals surface area contributed by atoms with E-state index in [-0.39, 0.29) is 31.9 Å². The molecule has 3 aromatic heterocycles. The first kappa shape index (κ1) is 43.7. The van der Waals surface area contributed by atoms with Crippen LogP contribution in [0.4, 0.5) is 0 Å². The SMILES string of the molecule is Cc1cccc2c1[n+](-c1c(-c3ccccc3)cccc1-c1ccccc1)[c-]n2-c1[c-]c(Oc2[c-]c3c(cc2)c2cc(C(C)(C)C)ccc2n3-c2cc(C(C)C(C)(C)C)ccn2)ccc1.[Pt]. The largest absolute Gasteiger partial charge is 0.510 e. The molecule has 3 heterocycles. The van der Waals surface area contributed by atoms with Crippen LogP contribution in [-0.2, 0) is 26.5 Å². The van der Waals surface area contributed by atoms with Crippen molar-refractivity contribution in [3.63, 3.8) is 0 Å². The summed E-state index contributed by atoms with van der Waals surface area (Å²) in [5.41, 5.74) is 14.2. The van der Waals surface area contributed by atoms with Crippen LogP contribution in [0.1, 0.15) is 71.1 Å². The second-order valence-electron chi connectivity index (χ2n) is 19.1. The Morgan fingerprint density at radius 3 is 1.97 bits per heavy atom. The fourth-order valence-electron chi connectivity index (χ4n) is 8.91. The Bertz CT molecular complexity index is 3290. The number of nitrogens with zero attached hydrogens (tertiary/aromatic N) is 4. The number of para-hydroxylation sites is 2. The maximum absolute atomic E-state index is 6.72. The van der Waals surface area contributed by atoms with Gasteiger partial charge in [0.05, 0.1) is 16.7 Å².